The van der Waals surface area contributed by atoms with Gasteiger partial charge in [-0.3, -0.25) is 4.79 Å². The average molecular weight is 425 g/mol. The van der Waals surface area contributed by atoms with Crippen molar-refractivity contribution >= 4 is 39.3 Å². The highest BCUT2D eigenvalue weighted by molar-refractivity contribution is 7.89. The third-order valence-electron chi connectivity index (χ3n) is 4.08. The van der Waals surface area contributed by atoms with Crippen molar-refractivity contribution in [3.05, 3.63) is 64.9 Å². The summed E-state index contributed by atoms with van der Waals surface area (Å²) in [5, 5.41) is 2.68. The third-order valence-corrected chi connectivity index (χ3v) is 6.46. The van der Waals surface area contributed by atoms with E-state index < -0.39 is 15.9 Å². The molecule has 0 bridgehead atoms. The lowest BCUT2D eigenvalue weighted by molar-refractivity contribution is -0.111. The van der Waals surface area contributed by atoms with E-state index in [-0.39, 0.29) is 28.8 Å². The van der Waals surface area contributed by atoms with Gasteiger partial charge in [0.05, 0.1) is 18.2 Å². The summed E-state index contributed by atoms with van der Waals surface area (Å²) in [6.45, 7) is 1.13. The van der Waals surface area contributed by atoms with Gasteiger partial charge in [-0.1, -0.05) is 23.7 Å². The molecule has 1 heterocycles. The Morgan fingerprint density at radius 1 is 1.14 bits per heavy atom. The van der Waals surface area contributed by atoms with Crippen LogP contribution in [0.5, 0.6) is 0 Å². The number of ether oxygens (including phenoxy) is 1. The number of rotatable bonds is 5. The Kier molecular flexibility index (Phi) is 6.46. The number of hydrogen-bond donors (Lipinski definition) is 1. The van der Waals surface area contributed by atoms with Crippen molar-refractivity contribution in [2.75, 3.05) is 31.6 Å². The van der Waals surface area contributed by atoms with Gasteiger partial charge in [0.25, 0.3) is 0 Å². The van der Waals surface area contributed by atoms with Crippen LogP contribution in [-0.4, -0.2) is 44.9 Å². The minimum absolute atomic E-state index is 0.0728. The lowest BCUT2D eigenvalue weighted by Gasteiger charge is -2.26. The number of carbonyl (C=O) groups is 1. The van der Waals surface area contributed by atoms with Crippen LogP contribution in [0.15, 0.2) is 53.4 Å². The summed E-state index contributed by atoms with van der Waals surface area (Å²) >= 11 is 6.10. The molecule has 0 aromatic heterocycles. The van der Waals surface area contributed by atoms with Gasteiger partial charge in [0.15, 0.2) is 0 Å². The molecule has 1 amide bonds. The molecule has 0 radical (unpaired) electrons. The van der Waals surface area contributed by atoms with Crippen LogP contribution in [0.25, 0.3) is 6.08 Å². The van der Waals surface area contributed by atoms with Crippen molar-refractivity contribution in [2.24, 2.45) is 0 Å². The maximum absolute atomic E-state index is 12.9. The zero-order valence-electron chi connectivity index (χ0n) is 14.8. The van der Waals surface area contributed by atoms with Crippen molar-refractivity contribution in [1.82, 2.24) is 4.31 Å². The molecule has 0 saturated carbocycles. The topological polar surface area (TPSA) is 75.7 Å². The number of halogens is 2. The second kappa shape index (κ2) is 8.83. The predicted octanol–water partition coefficient (Wildman–Crippen LogP) is 3.15. The summed E-state index contributed by atoms with van der Waals surface area (Å²) in [6.07, 6.45) is 2.80. The van der Waals surface area contributed by atoms with Crippen LogP contribution in [-0.2, 0) is 19.6 Å². The van der Waals surface area contributed by atoms with E-state index in [9.17, 15) is 17.6 Å². The Bertz CT molecular complexity index is 987. The van der Waals surface area contributed by atoms with E-state index in [0.717, 1.165) is 0 Å². The summed E-state index contributed by atoms with van der Waals surface area (Å²) < 4.78 is 45.0. The fourth-order valence-corrected chi connectivity index (χ4v) is 4.54. The van der Waals surface area contributed by atoms with Crippen molar-refractivity contribution < 1.29 is 22.3 Å². The molecule has 1 aliphatic heterocycles. The van der Waals surface area contributed by atoms with Gasteiger partial charge in [0.1, 0.15) is 10.7 Å². The van der Waals surface area contributed by atoms with Gasteiger partial charge in [-0.2, -0.15) is 4.31 Å². The standard InChI is InChI=1S/C19H18ClFN2O4S/c20-17-7-6-16(13-18(17)28(25,26)23-9-11-27-12-10-23)22-19(24)8-3-14-1-4-15(21)5-2-14/h1-8,13H,9-12H2,(H,22,24)/b8-3+. The fraction of sp³-hybridized carbons (Fsp3) is 0.211. The Morgan fingerprint density at radius 3 is 2.50 bits per heavy atom. The number of sulfonamides is 1. The van der Waals surface area contributed by atoms with Gasteiger partial charge in [-0.05, 0) is 42.0 Å². The largest absolute Gasteiger partial charge is 0.379 e. The van der Waals surface area contributed by atoms with Crippen molar-refractivity contribution in [2.45, 2.75) is 4.90 Å². The van der Waals surface area contributed by atoms with Gasteiger partial charge in [-0.15, -0.1) is 0 Å². The van der Waals surface area contributed by atoms with Gasteiger partial charge >= 0.3 is 0 Å². The average Bonchev–Trinajstić information content (AvgIpc) is 2.69. The number of nitrogens with zero attached hydrogens (tertiary/aromatic N) is 1. The first-order chi connectivity index (χ1) is 13.4. The van der Waals surface area contributed by atoms with E-state index in [4.69, 9.17) is 16.3 Å². The lowest BCUT2D eigenvalue weighted by atomic mass is 10.2. The fourth-order valence-electron chi connectivity index (χ4n) is 2.63. The second-order valence-corrected chi connectivity index (χ2v) is 8.35. The summed E-state index contributed by atoms with van der Waals surface area (Å²) in [4.78, 5) is 12.0. The smallest absolute Gasteiger partial charge is 0.248 e. The molecule has 0 aliphatic carbocycles. The van der Waals surface area contributed by atoms with Gasteiger partial charge in [0, 0.05) is 24.9 Å². The quantitative estimate of drug-likeness (QED) is 0.748. The summed E-state index contributed by atoms with van der Waals surface area (Å²) in [5.41, 5.74) is 0.952. The molecule has 1 fully saturated rings. The van der Waals surface area contributed by atoms with Gasteiger partial charge in [-0.25, -0.2) is 12.8 Å². The SMILES string of the molecule is O=C(/C=C/c1ccc(F)cc1)Nc1ccc(Cl)c(S(=O)(=O)N2CCOCC2)c1. The first kappa shape index (κ1) is 20.5. The monoisotopic (exact) mass is 424 g/mol. The molecule has 2 aromatic rings. The van der Waals surface area contributed by atoms with E-state index in [2.05, 4.69) is 5.32 Å². The molecule has 28 heavy (non-hydrogen) atoms. The zero-order chi connectivity index (χ0) is 20.1. The number of benzene rings is 2. The van der Waals surface area contributed by atoms with Gasteiger partial charge in [0.2, 0.25) is 15.9 Å². The second-order valence-electron chi connectivity index (χ2n) is 6.04. The molecule has 1 aliphatic rings. The van der Waals surface area contributed by atoms with Crippen LogP contribution in [0, 0.1) is 5.82 Å². The Labute approximate surface area is 167 Å². The maximum atomic E-state index is 12.9. The van der Waals surface area contributed by atoms with Crippen LogP contribution in [0.2, 0.25) is 5.02 Å². The number of anilines is 1. The number of nitrogens with one attached hydrogen (secondary N) is 1. The molecule has 6 nitrogen and oxygen atoms in total. The highest BCUT2D eigenvalue weighted by Crippen LogP contribution is 2.28. The van der Waals surface area contributed by atoms with E-state index in [1.165, 1.54) is 58.9 Å². The first-order valence-corrected chi connectivity index (χ1v) is 10.3. The normalized spacial score (nSPS) is 15.6. The highest BCUT2D eigenvalue weighted by Gasteiger charge is 2.28. The molecule has 2 aromatic carbocycles. The predicted molar refractivity (Wildman–Crippen MR) is 105 cm³/mol. The summed E-state index contributed by atoms with van der Waals surface area (Å²) in [6, 6.07) is 9.93. The first-order valence-electron chi connectivity index (χ1n) is 8.48. The molecule has 0 atom stereocenters. The third kappa shape index (κ3) is 4.96. The van der Waals surface area contributed by atoms with Crippen molar-refractivity contribution in [1.29, 1.82) is 0 Å². The van der Waals surface area contributed by atoms with E-state index >= 15 is 0 Å². The number of carbonyl (C=O) groups excluding carboxylic acids is 1. The number of hydrogen-bond acceptors (Lipinski definition) is 4. The van der Waals surface area contributed by atoms with E-state index in [1.807, 2.05) is 0 Å². The van der Waals surface area contributed by atoms with Crippen LogP contribution >= 0.6 is 11.6 Å². The molecular formula is C19H18ClFN2O4S. The van der Waals surface area contributed by atoms with Crippen LogP contribution in [0.4, 0.5) is 10.1 Å². The molecule has 3 rings (SSSR count). The molecule has 9 heteroatoms. The van der Waals surface area contributed by atoms with Crippen molar-refractivity contribution in [3.63, 3.8) is 0 Å². The van der Waals surface area contributed by atoms with Crippen LogP contribution in [0.1, 0.15) is 5.56 Å². The maximum Gasteiger partial charge on any atom is 0.248 e. The minimum atomic E-state index is -3.79. The molecule has 0 spiro atoms. The van der Waals surface area contributed by atoms with Crippen LogP contribution in [0.3, 0.4) is 0 Å². The zero-order valence-corrected chi connectivity index (χ0v) is 16.3. The van der Waals surface area contributed by atoms with Crippen LogP contribution < -0.4 is 5.32 Å². The van der Waals surface area contributed by atoms with Crippen molar-refractivity contribution in [3.8, 4) is 0 Å². The number of morpholine rings is 1. The molecule has 148 valence electrons. The highest BCUT2D eigenvalue weighted by atomic mass is 35.5. The van der Waals surface area contributed by atoms with E-state index in [1.54, 1.807) is 0 Å². The number of amides is 1. The molecule has 0 unspecified atom stereocenters. The lowest BCUT2D eigenvalue weighted by Crippen LogP contribution is -2.40. The van der Waals surface area contributed by atoms with E-state index in [0.29, 0.717) is 24.5 Å². The Hall–Kier alpha value is -2.26. The summed E-state index contributed by atoms with van der Waals surface area (Å²) in [7, 11) is -3.79. The summed E-state index contributed by atoms with van der Waals surface area (Å²) in [5.74, 6) is -0.821. The molecule has 1 N–H and O–H groups in total. The Morgan fingerprint density at radius 2 is 1.82 bits per heavy atom. The molecule has 1 saturated heterocycles. The minimum Gasteiger partial charge on any atom is -0.379 e. The Balaban J connectivity index is 1.75. The molecular weight excluding hydrogens is 407 g/mol. The van der Waals surface area contributed by atoms with Gasteiger partial charge < -0.3 is 10.1 Å².